The number of carbonyl (C=O) groups is 1. The maximum atomic E-state index is 12.1. The van der Waals surface area contributed by atoms with Gasteiger partial charge in [-0.25, -0.2) is 0 Å². The summed E-state index contributed by atoms with van der Waals surface area (Å²) in [6, 6.07) is 7.75. The van der Waals surface area contributed by atoms with Gasteiger partial charge in [0.1, 0.15) is 0 Å². The number of hydrogen-bond acceptors (Lipinski definition) is 3. The van der Waals surface area contributed by atoms with Crippen LogP contribution in [0.2, 0.25) is 0 Å². The highest BCUT2D eigenvalue weighted by Crippen LogP contribution is 2.29. The molecule has 1 aliphatic heterocycles. The van der Waals surface area contributed by atoms with E-state index in [1.165, 1.54) is 0 Å². The van der Waals surface area contributed by atoms with Gasteiger partial charge in [-0.3, -0.25) is 4.79 Å². The molecule has 1 unspecified atom stereocenters. The highest BCUT2D eigenvalue weighted by molar-refractivity contribution is 5.76. The van der Waals surface area contributed by atoms with Gasteiger partial charge in [0.25, 0.3) is 0 Å². The lowest BCUT2D eigenvalue weighted by atomic mass is 9.82. The summed E-state index contributed by atoms with van der Waals surface area (Å²) < 4.78 is 5.38. The largest absolute Gasteiger partial charge is 0.399 e. The number of rotatable bonds is 5. The van der Waals surface area contributed by atoms with Crippen LogP contribution in [0.1, 0.15) is 44.6 Å². The molecule has 21 heavy (non-hydrogen) atoms. The van der Waals surface area contributed by atoms with Crippen LogP contribution in [0.15, 0.2) is 24.3 Å². The molecule has 1 amide bonds. The zero-order valence-electron chi connectivity index (χ0n) is 13.0. The number of anilines is 1. The van der Waals surface area contributed by atoms with E-state index in [0.29, 0.717) is 6.42 Å². The second kappa shape index (κ2) is 6.94. The summed E-state index contributed by atoms with van der Waals surface area (Å²) in [6.07, 6.45) is 2.54. The first-order valence-electron chi connectivity index (χ1n) is 7.68. The quantitative estimate of drug-likeness (QED) is 0.819. The van der Waals surface area contributed by atoms with Gasteiger partial charge in [0, 0.05) is 31.9 Å². The minimum Gasteiger partial charge on any atom is -0.399 e. The monoisotopic (exact) mass is 290 g/mol. The maximum Gasteiger partial charge on any atom is 0.220 e. The van der Waals surface area contributed by atoms with Crippen molar-refractivity contribution >= 4 is 11.6 Å². The highest BCUT2D eigenvalue weighted by atomic mass is 16.5. The van der Waals surface area contributed by atoms with Crippen LogP contribution in [-0.4, -0.2) is 25.7 Å². The van der Waals surface area contributed by atoms with Crippen molar-refractivity contribution in [3.05, 3.63) is 29.8 Å². The predicted octanol–water partition coefficient (Wildman–Crippen LogP) is 2.70. The molecule has 2 rings (SSSR count). The zero-order chi connectivity index (χ0) is 15.3. The molecule has 1 fully saturated rings. The average molecular weight is 290 g/mol. The van der Waals surface area contributed by atoms with E-state index in [4.69, 9.17) is 10.5 Å². The predicted molar refractivity (Wildman–Crippen MR) is 85.1 cm³/mol. The average Bonchev–Trinajstić information content (AvgIpc) is 2.47. The summed E-state index contributed by atoms with van der Waals surface area (Å²) in [4.78, 5) is 12.1. The number of nitrogens with one attached hydrogen (secondary N) is 1. The van der Waals surface area contributed by atoms with Crippen LogP contribution in [0.25, 0.3) is 0 Å². The van der Waals surface area contributed by atoms with Crippen LogP contribution in [0, 0.1) is 5.41 Å². The summed E-state index contributed by atoms with van der Waals surface area (Å²) in [5.41, 5.74) is 7.76. The Bertz CT molecular complexity index is 464. The van der Waals surface area contributed by atoms with Crippen molar-refractivity contribution in [3.63, 3.8) is 0 Å². The van der Waals surface area contributed by atoms with Gasteiger partial charge in [-0.2, -0.15) is 0 Å². The standard InChI is InChI=1S/C17H26N2O2/c1-13(14-3-5-15(18)6-4-14)11-16(20)19-12-17(2)7-9-21-10-8-17/h3-6,13H,7-12,18H2,1-2H3,(H,19,20). The van der Waals surface area contributed by atoms with Crippen LogP contribution in [0.4, 0.5) is 5.69 Å². The number of nitrogen functional groups attached to an aromatic ring is 1. The van der Waals surface area contributed by atoms with Gasteiger partial charge in [-0.1, -0.05) is 26.0 Å². The molecule has 1 aliphatic rings. The van der Waals surface area contributed by atoms with Gasteiger partial charge in [0.05, 0.1) is 0 Å². The Kier molecular flexibility index (Phi) is 5.23. The molecule has 0 saturated carbocycles. The van der Waals surface area contributed by atoms with E-state index >= 15 is 0 Å². The topological polar surface area (TPSA) is 64.3 Å². The molecular weight excluding hydrogens is 264 g/mol. The number of carbonyl (C=O) groups excluding carboxylic acids is 1. The fraction of sp³-hybridized carbons (Fsp3) is 0.588. The van der Waals surface area contributed by atoms with Gasteiger partial charge in [-0.05, 0) is 41.9 Å². The van der Waals surface area contributed by atoms with Gasteiger partial charge in [-0.15, -0.1) is 0 Å². The summed E-state index contributed by atoms with van der Waals surface area (Å²) in [6.45, 7) is 6.63. The van der Waals surface area contributed by atoms with Crippen molar-refractivity contribution in [1.29, 1.82) is 0 Å². The first kappa shape index (κ1) is 15.8. The van der Waals surface area contributed by atoms with Gasteiger partial charge < -0.3 is 15.8 Å². The second-order valence-electron chi connectivity index (χ2n) is 6.47. The first-order valence-corrected chi connectivity index (χ1v) is 7.68. The molecule has 1 heterocycles. The molecule has 0 spiro atoms. The lowest BCUT2D eigenvalue weighted by Crippen LogP contribution is -2.39. The van der Waals surface area contributed by atoms with Crippen LogP contribution in [0.3, 0.4) is 0 Å². The van der Waals surface area contributed by atoms with Crippen molar-refractivity contribution in [3.8, 4) is 0 Å². The molecule has 1 aromatic rings. The molecule has 1 aromatic carbocycles. The summed E-state index contributed by atoms with van der Waals surface area (Å²) in [7, 11) is 0. The highest BCUT2D eigenvalue weighted by Gasteiger charge is 2.27. The van der Waals surface area contributed by atoms with Crippen molar-refractivity contribution in [1.82, 2.24) is 5.32 Å². The minimum absolute atomic E-state index is 0.118. The summed E-state index contributed by atoms with van der Waals surface area (Å²) in [5.74, 6) is 0.320. The Morgan fingerprint density at radius 1 is 1.33 bits per heavy atom. The Morgan fingerprint density at radius 3 is 2.57 bits per heavy atom. The molecule has 0 aliphatic carbocycles. The van der Waals surface area contributed by atoms with E-state index in [9.17, 15) is 4.79 Å². The molecule has 116 valence electrons. The fourth-order valence-electron chi connectivity index (χ4n) is 2.65. The van der Waals surface area contributed by atoms with E-state index in [1.807, 2.05) is 24.3 Å². The molecule has 0 bridgehead atoms. The molecular formula is C17H26N2O2. The smallest absolute Gasteiger partial charge is 0.220 e. The van der Waals surface area contributed by atoms with Gasteiger partial charge >= 0.3 is 0 Å². The van der Waals surface area contributed by atoms with Crippen molar-refractivity contribution in [2.75, 3.05) is 25.5 Å². The minimum atomic E-state index is 0.118. The van der Waals surface area contributed by atoms with Crippen LogP contribution in [0.5, 0.6) is 0 Å². The van der Waals surface area contributed by atoms with E-state index in [1.54, 1.807) is 0 Å². The van der Waals surface area contributed by atoms with E-state index < -0.39 is 0 Å². The molecule has 0 aromatic heterocycles. The van der Waals surface area contributed by atoms with Crippen LogP contribution >= 0.6 is 0 Å². The third-order valence-corrected chi connectivity index (χ3v) is 4.41. The van der Waals surface area contributed by atoms with Crippen molar-refractivity contribution in [2.45, 2.75) is 39.0 Å². The Labute approximate surface area is 127 Å². The fourth-order valence-corrected chi connectivity index (χ4v) is 2.65. The van der Waals surface area contributed by atoms with Gasteiger partial charge in [0.15, 0.2) is 0 Å². The van der Waals surface area contributed by atoms with E-state index in [2.05, 4.69) is 19.2 Å². The Hall–Kier alpha value is -1.55. The summed E-state index contributed by atoms with van der Waals surface area (Å²) in [5, 5.41) is 3.09. The lowest BCUT2D eigenvalue weighted by Gasteiger charge is -2.33. The second-order valence-corrected chi connectivity index (χ2v) is 6.47. The van der Waals surface area contributed by atoms with E-state index in [0.717, 1.165) is 43.9 Å². The van der Waals surface area contributed by atoms with Gasteiger partial charge in [0.2, 0.25) is 5.91 Å². The van der Waals surface area contributed by atoms with Crippen LogP contribution in [-0.2, 0) is 9.53 Å². The number of ether oxygens (including phenoxy) is 1. The van der Waals surface area contributed by atoms with Crippen LogP contribution < -0.4 is 11.1 Å². The Balaban J connectivity index is 1.79. The molecule has 0 radical (unpaired) electrons. The third kappa shape index (κ3) is 4.74. The zero-order valence-corrected chi connectivity index (χ0v) is 13.0. The Morgan fingerprint density at radius 2 is 1.95 bits per heavy atom. The number of benzene rings is 1. The molecule has 4 heteroatoms. The molecule has 1 saturated heterocycles. The first-order chi connectivity index (χ1) is 9.98. The SMILES string of the molecule is CC(CC(=O)NCC1(C)CCOCC1)c1ccc(N)cc1. The molecule has 4 nitrogen and oxygen atoms in total. The molecule has 1 atom stereocenters. The maximum absolute atomic E-state index is 12.1. The lowest BCUT2D eigenvalue weighted by molar-refractivity contribution is -0.122. The van der Waals surface area contributed by atoms with Crippen molar-refractivity contribution < 1.29 is 9.53 Å². The molecule has 3 N–H and O–H groups in total. The number of hydrogen-bond donors (Lipinski definition) is 2. The van der Waals surface area contributed by atoms with E-state index in [-0.39, 0.29) is 17.2 Å². The number of amides is 1. The normalized spacial score (nSPS) is 19.0. The number of nitrogens with two attached hydrogens (primary N) is 1. The van der Waals surface area contributed by atoms with Crippen molar-refractivity contribution in [2.24, 2.45) is 5.41 Å². The third-order valence-electron chi connectivity index (χ3n) is 4.41. The summed E-state index contributed by atoms with van der Waals surface area (Å²) >= 11 is 0.